The van der Waals surface area contributed by atoms with Gasteiger partial charge in [-0.2, -0.15) is 0 Å². The molecule has 7 nitrogen and oxygen atoms in total. The van der Waals surface area contributed by atoms with E-state index in [1.165, 1.54) is 16.8 Å². The van der Waals surface area contributed by atoms with Crippen LogP contribution >= 0.6 is 22.7 Å². The topological polar surface area (TPSA) is 111 Å². The van der Waals surface area contributed by atoms with Crippen LogP contribution in [0.2, 0.25) is 0 Å². The highest BCUT2D eigenvalue weighted by Crippen LogP contribution is 2.20. The van der Waals surface area contributed by atoms with Crippen molar-refractivity contribution in [3.8, 4) is 0 Å². The summed E-state index contributed by atoms with van der Waals surface area (Å²) in [5, 5.41) is 5.82. The summed E-state index contributed by atoms with van der Waals surface area (Å²) in [6, 6.07) is 1.40. The molecule has 2 amide bonds. The predicted molar refractivity (Wildman–Crippen MR) is 78.9 cm³/mol. The number of primary amides is 1. The minimum atomic E-state index is -0.593. The Labute approximate surface area is 127 Å². The second-order valence-electron chi connectivity index (χ2n) is 3.78. The fourth-order valence-electron chi connectivity index (χ4n) is 1.37. The van der Waals surface area contributed by atoms with E-state index in [0.29, 0.717) is 4.88 Å². The smallest absolute Gasteiger partial charge is 0.357 e. The van der Waals surface area contributed by atoms with E-state index in [1.807, 2.05) is 0 Å². The van der Waals surface area contributed by atoms with E-state index < -0.39 is 17.8 Å². The minimum Gasteiger partial charge on any atom is -0.461 e. The number of hydrogen-bond donors (Lipinski definition) is 2. The van der Waals surface area contributed by atoms with Gasteiger partial charge in [0.1, 0.15) is 0 Å². The molecule has 0 unspecified atom stereocenters. The Kier molecular flexibility index (Phi) is 4.66. The molecule has 9 heteroatoms. The summed E-state index contributed by atoms with van der Waals surface area (Å²) in [6.07, 6.45) is 0. The number of nitrogens with two attached hydrogens (primary N) is 1. The van der Waals surface area contributed by atoms with Gasteiger partial charge in [0.05, 0.1) is 17.0 Å². The summed E-state index contributed by atoms with van der Waals surface area (Å²) in [7, 11) is 0. The number of thiazole rings is 1. The van der Waals surface area contributed by atoms with Crippen molar-refractivity contribution >= 4 is 45.6 Å². The standard InChI is InChI=1S/C12H11N3O4S2/c1-2-19-11(18)7-5-21-12(14-7)15-10(17)8-3-6(4-20-8)9(13)16/h3-5H,2H2,1H3,(H2,13,16)(H,14,15,17). The molecule has 3 N–H and O–H groups in total. The van der Waals surface area contributed by atoms with Crippen molar-refractivity contribution in [2.24, 2.45) is 5.73 Å². The number of nitrogens with one attached hydrogen (secondary N) is 1. The molecule has 0 aliphatic rings. The SMILES string of the molecule is CCOC(=O)c1csc(NC(=O)c2cc(C(N)=O)cs2)n1. The summed E-state index contributed by atoms with van der Waals surface area (Å²) in [5.74, 6) is -1.55. The van der Waals surface area contributed by atoms with Crippen LogP contribution in [0.4, 0.5) is 5.13 Å². The van der Waals surface area contributed by atoms with Crippen molar-refractivity contribution in [2.45, 2.75) is 6.92 Å². The van der Waals surface area contributed by atoms with Gasteiger partial charge in [-0.3, -0.25) is 14.9 Å². The van der Waals surface area contributed by atoms with Gasteiger partial charge >= 0.3 is 5.97 Å². The summed E-state index contributed by atoms with van der Waals surface area (Å²) < 4.78 is 4.80. The Morgan fingerprint density at radius 3 is 2.71 bits per heavy atom. The van der Waals surface area contributed by atoms with E-state index in [9.17, 15) is 14.4 Å². The monoisotopic (exact) mass is 325 g/mol. The zero-order valence-corrected chi connectivity index (χ0v) is 12.5. The number of carbonyl (C=O) groups is 3. The van der Waals surface area contributed by atoms with Crippen molar-refractivity contribution in [3.05, 3.63) is 33.0 Å². The molecular weight excluding hydrogens is 314 g/mol. The van der Waals surface area contributed by atoms with Gasteiger partial charge in [0, 0.05) is 10.8 Å². The molecule has 0 saturated carbocycles. The zero-order chi connectivity index (χ0) is 15.4. The van der Waals surface area contributed by atoms with Crippen LogP contribution in [-0.4, -0.2) is 29.4 Å². The second kappa shape index (κ2) is 6.46. The van der Waals surface area contributed by atoms with Gasteiger partial charge in [-0.15, -0.1) is 22.7 Å². The molecule has 2 rings (SSSR count). The Balaban J connectivity index is 2.05. The summed E-state index contributed by atoms with van der Waals surface area (Å²) >= 11 is 2.21. The lowest BCUT2D eigenvalue weighted by Crippen LogP contribution is -2.12. The lowest BCUT2D eigenvalue weighted by atomic mass is 10.3. The molecule has 0 atom stereocenters. The van der Waals surface area contributed by atoms with Crippen LogP contribution in [0.3, 0.4) is 0 Å². The van der Waals surface area contributed by atoms with Gasteiger partial charge in [-0.25, -0.2) is 9.78 Å². The molecular formula is C12H11N3O4S2. The van der Waals surface area contributed by atoms with Crippen LogP contribution in [-0.2, 0) is 4.74 Å². The zero-order valence-electron chi connectivity index (χ0n) is 10.9. The summed E-state index contributed by atoms with van der Waals surface area (Å²) in [6.45, 7) is 1.95. The molecule has 2 heterocycles. The van der Waals surface area contributed by atoms with E-state index in [2.05, 4.69) is 10.3 Å². The molecule has 2 aromatic rings. The molecule has 0 bridgehead atoms. The average molecular weight is 325 g/mol. The van der Waals surface area contributed by atoms with Gasteiger partial charge in [-0.1, -0.05) is 0 Å². The van der Waals surface area contributed by atoms with E-state index in [1.54, 1.807) is 6.92 Å². The Morgan fingerprint density at radius 1 is 1.33 bits per heavy atom. The maximum absolute atomic E-state index is 12.0. The fourth-order valence-corrected chi connectivity index (χ4v) is 2.84. The first-order valence-corrected chi connectivity index (χ1v) is 7.59. The van der Waals surface area contributed by atoms with Crippen LogP contribution < -0.4 is 11.1 Å². The maximum Gasteiger partial charge on any atom is 0.357 e. The van der Waals surface area contributed by atoms with Crippen molar-refractivity contribution in [2.75, 3.05) is 11.9 Å². The number of thiophene rings is 1. The first-order valence-electron chi connectivity index (χ1n) is 5.83. The quantitative estimate of drug-likeness (QED) is 0.813. The second-order valence-corrected chi connectivity index (χ2v) is 5.55. The third-order valence-corrected chi connectivity index (χ3v) is 4.00. The first-order chi connectivity index (χ1) is 10.0. The highest BCUT2D eigenvalue weighted by Gasteiger charge is 2.16. The summed E-state index contributed by atoms with van der Waals surface area (Å²) in [5.41, 5.74) is 5.53. The van der Waals surface area contributed by atoms with Gasteiger partial charge < -0.3 is 10.5 Å². The molecule has 0 aromatic carbocycles. The Bertz CT molecular complexity index is 692. The molecule has 0 radical (unpaired) electrons. The van der Waals surface area contributed by atoms with Crippen molar-refractivity contribution in [3.63, 3.8) is 0 Å². The van der Waals surface area contributed by atoms with Crippen molar-refractivity contribution in [1.82, 2.24) is 4.98 Å². The van der Waals surface area contributed by atoms with E-state index >= 15 is 0 Å². The molecule has 21 heavy (non-hydrogen) atoms. The minimum absolute atomic E-state index is 0.140. The third-order valence-electron chi connectivity index (χ3n) is 2.32. The molecule has 0 aliphatic heterocycles. The number of anilines is 1. The maximum atomic E-state index is 12.0. The largest absolute Gasteiger partial charge is 0.461 e. The number of esters is 1. The Hall–Kier alpha value is -2.26. The third kappa shape index (κ3) is 3.64. The molecule has 0 spiro atoms. The number of ether oxygens (including phenoxy) is 1. The number of rotatable bonds is 5. The van der Waals surface area contributed by atoms with E-state index in [-0.39, 0.29) is 23.0 Å². The molecule has 2 aromatic heterocycles. The highest BCUT2D eigenvalue weighted by atomic mass is 32.1. The van der Waals surface area contributed by atoms with E-state index in [4.69, 9.17) is 10.5 Å². The first kappa shape index (κ1) is 15.1. The van der Waals surface area contributed by atoms with Crippen molar-refractivity contribution < 1.29 is 19.1 Å². The lowest BCUT2D eigenvalue weighted by molar-refractivity contribution is 0.0520. The average Bonchev–Trinajstić information content (AvgIpc) is 3.07. The Morgan fingerprint density at radius 2 is 2.10 bits per heavy atom. The number of carbonyl (C=O) groups excluding carboxylic acids is 3. The molecule has 110 valence electrons. The normalized spacial score (nSPS) is 10.1. The van der Waals surface area contributed by atoms with Crippen LogP contribution in [0.25, 0.3) is 0 Å². The lowest BCUT2D eigenvalue weighted by Gasteiger charge is -1.98. The van der Waals surface area contributed by atoms with Crippen molar-refractivity contribution in [1.29, 1.82) is 0 Å². The summed E-state index contributed by atoms with van der Waals surface area (Å²) in [4.78, 5) is 38.7. The van der Waals surface area contributed by atoms with Crippen LogP contribution in [0, 0.1) is 0 Å². The van der Waals surface area contributed by atoms with E-state index in [0.717, 1.165) is 22.7 Å². The van der Waals surface area contributed by atoms with Crippen LogP contribution in [0.15, 0.2) is 16.8 Å². The number of aromatic nitrogens is 1. The van der Waals surface area contributed by atoms with Gasteiger partial charge in [0.15, 0.2) is 10.8 Å². The predicted octanol–water partition coefficient (Wildman–Crippen LogP) is 1.73. The fraction of sp³-hybridized carbons (Fsp3) is 0.167. The van der Waals surface area contributed by atoms with Crippen LogP contribution in [0.5, 0.6) is 0 Å². The van der Waals surface area contributed by atoms with Gasteiger partial charge in [-0.05, 0) is 13.0 Å². The molecule has 0 fully saturated rings. The highest BCUT2D eigenvalue weighted by molar-refractivity contribution is 7.14. The molecule has 0 aliphatic carbocycles. The number of nitrogens with zero attached hydrogens (tertiary/aromatic N) is 1. The molecule has 0 saturated heterocycles. The number of hydrogen-bond acceptors (Lipinski definition) is 7. The van der Waals surface area contributed by atoms with Crippen LogP contribution in [0.1, 0.15) is 37.4 Å². The van der Waals surface area contributed by atoms with Gasteiger partial charge in [0.25, 0.3) is 5.91 Å². The van der Waals surface area contributed by atoms with Gasteiger partial charge in [0.2, 0.25) is 5.91 Å². The number of amides is 2.